The van der Waals surface area contributed by atoms with Gasteiger partial charge in [0.2, 0.25) is 0 Å². The molecule has 2 atom stereocenters. The number of aromatic nitrogens is 1. The van der Waals surface area contributed by atoms with Crippen LogP contribution in [0.2, 0.25) is 5.02 Å². The molecule has 0 aliphatic rings. The molecule has 1 heterocycles. The van der Waals surface area contributed by atoms with Crippen LogP contribution >= 0.6 is 11.6 Å². The summed E-state index contributed by atoms with van der Waals surface area (Å²) in [5, 5.41) is 10.5. The van der Waals surface area contributed by atoms with Crippen molar-refractivity contribution < 1.29 is 9.50 Å². The summed E-state index contributed by atoms with van der Waals surface area (Å²) >= 11 is 5.94. The van der Waals surface area contributed by atoms with Crippen molar-refractivity contribution in [3.63, 3.8) is 0 Å². The monoisotopic (exact) mass is 265 g/mol. The molecule has 1 N–H and O–H groups in total. The first-order valence-electron chi connectivity index (χ1n) is 5.63. The van der Waals surface area contributed by atoms with E-state index < -0.39 is 11.9 Å². The second-order valence-corrected chi connectivity index (χ2v) is 4.56. The minimum atomic E-state index is -0.985. The van der Waals surface area contributed by atoms with Gasteiger partial charge in [0.1, 0.15) is 5.82 Å². The molecule has 2 unspecified atom stereocenters. The van der Waals surface area contributed by atoms with E-state index in [1.54, 1.807) is 30.6 Å². The number of halogens is 2. The maximum atomic E-state index is 13.7. The first kappa shape index (κ1) is 13.0. The molecule has 1 aromatic carbocycles. The van der Waals surface area contributed by atoms with Crippen molar-refractivity contribution in [2.45, 2.75) is 18.9 Å². The summed E-state index contributed by atoms with van der Waals surface area (Å²) in [6.07, 6.45) is 2.30. The third-order valence-corrected chi connectivity index (χ3v) is 3.33. The second-order valence-electron chi connectivity index (χ2n) is 4.15. The van der Waals surface area contributed by atoms with Crippen molar-refractivity contribution in [1.82, 2.24) is 4.98 Å². The van der Waals surface area contributed by atoms with Crippen molar-refractivity contribution in [3.05, 3.63) is 64.7 Å². The highest BCUT2D eigenvalue weighted by Crippen LogP contribution is 2.35. The minimum absolute atomic E-state index is 0.142. The Kier molecular flexibility index (Phi) is 3.94. The molecule has 4 heteroatoms. The predicted molar refractivity (Wildman–Crippen MR) is 69.0 cm³/mol. The van der Waals surface area contributed by atoms with Crippen molar-refractivity contribution in [2.75, 3.05) is 0 Å². The van der Waals surface area contributed by atoms with E-state index in [4.69, 9.17) is 11.6 Å². The highest BCUT2D eigenvalue weighted by atomic mass is 35.5. The van der Waals surface area contributed by atoms with Gasteiger partial charge in [-0.25, -0.2) is 4.39 Å². The molecule has 0 amide bonds. The Morgan fingerprint density at radius 2 is 1.89 bits per heavy atom. The molecular formula is C14H13ClFNO. The van der Waals surface area contributed by atoms with Crippen molar-refractivity contribution >= 4 is 11.6 Å². The lowest BCUT2D eigenvalue weighted by molar-refractivity contribution is 0.147. The molecule has 94 valence electrons. The van der Waals surface area contributed by atoms with Gasteiger partial charge in [0.05, 0.1) is 6.10 Å². The fraction of sp³-hybridized carbons (Fsp3) is 0.214. The molecule has 0 radical (unpaired) electrons. The average molecular weight is 266 g/mol. The van der Waals surface area contributed by atoms with E-state index in [2.05, 4.69) is 4.98 Å². The predicted octanol–water partition coefficient (Wildman–Crippen LogP) is 3.71. The molecule has 0 bridgehead atoms. The number of benzene rings is 1. The second kappa shape index (κ2) is 5.46. The normalized spacial score (nSPS) is 14.2. The Labute approximate surface area is 110 Å². The van der Waals surface area contributed by atoms with E-state index in [0.717, 1.165) is 5.56 Å². The summed E-state index contributed by atoms with van der Waals surface area (Å²) in [5.41, 5.74) is 1.03. The van der Waals surface area contributed by atoms with Crippen LogP contribution in [0, 0.1) is 5.82 Å². The first-order valence-corrected chi connectivity index (χ1v) is 6.01. The molecule has 0 aliphatic heterocycles. The first-order chi connectivity index (χ1) is 8.61. The lowest BCUT2D eigenvalue weighted by Gasteiger charge is -2.21. The molecule has 18 heavy (non-hydrogen) atoms. The van der Waals surface area contributed by atoms with Crippen LogP contribution in [0.5, 0.6) is 0 Å². The standard InChI is InChI=1S/C14H13ClFNO/c1-9(10-5-7-17-8-6-10)14(18)13-11(15)3-2-4-12(13)16/h2-9,14,18H,1H3. The van der Waals surface area contributed by atoms with E-state index in [-0.39, 0.29) is 16.5 Å². The summed E-state index contributed by atoms with van der Waals surface area (Å²) in [6.45, 7) is 1.82. The van der Waals surface area contributed by atoms with Gasteiger partial charge in [-0.1, -0.05) is 24.6 Å². The van der Waals surface area contributed by atoms with Crippen LogP contribution in [0.4, 0.5) is 4.39 Å². The van der Waals surface area contributed by atoms with Crippen LogP contribution in [0.1, 0.15) is 30.1 Å². The Bertz CT molecular complexity index is 512. The fourth-order valence-corrected chi connectivity index (χ4v) is 2.17. The Morgan fingerprint density at radius 3 is 2.50 bits per heavy atom. The molecular weight excluding hydrogens is 253 g/mol. The van der Waals surface area contributed by atoms with Crippen LogP contribution < -0.4 is 0 Å². The van der Waals surface area contributed by atoms with Gasteiger partial charge < -0.3 is 5.11 Å². The average Bonchev–Trinajstić information content (AvgIpc) is 2.38. The summed E-state index contributed by atoms with van der Waals surface area (Å²) in [6, 6.07) is 7.97. The smallest absolute Gasteiger partial charge is 0.130 e. The molecule has 0 fully saturated rings. The number of pyridine rings is 1. The molecule has 2 nitrogen and oxygen atoms in total. The third-order valence-electron chi connectivity index (χ3n) is 3.00. The van der Waals surface area contributed by atoms with Gasteiger partial charge in [0.15, 0.2) is 0 Å². The number of nitrogens with zero attached hydrogens (tertiary/aromatic N) is 1. The number of hydrogen-bond acceptors (Lipinski definition) is 2. The zero-order valence-electron chi connectivity index (χ0n) is 9.85. The maximum Gasteiger partial charge on any atom is 0.130 e. The summed E-state index contributed by atoms with van der Waals surface area (Å²) in [7, 11) is 0. The number of aliphatic hydroxyl groups is 1. The molecule has 0 aliphatic carbocycles. The highest BCUT2D eigenvalue weighted by molar-refractivity contribution is 6.31. The third kappa shape index (κ3) is 2.52. The molecule has 1 aromatic heterocycles. The van der Waals surface area contributed by atoms with E-state index in [0.29, 0.717) is 0 Å². The van der Waals surface area contributed by atoms with Crippen molar-refractivity contribution in [1.29, 1.82) is 0 Å². The van der Waals surface area contributed by atoms with Gasteiger partial charge in [-0.3, -0.25) is 4.98 Å². The van der Waals surface area contributed by atoms with E-state index in [9.17, 15) is 9.50 Å². The largest absolute Gasteiger partial charge is 0.388 e. The van der Waals surface area contributed by atoms with Crippen LogP contribution in [0.3, 0.4) is 0 Å². The molecule has 2 aromatic rings. The number of rotatable bonds is 3. The highest BCUT2D eigenvalue weighted by Gasteiger charge is 2.23. The van der Waals surface area contributed by atoms with E-state index in [1.807, 2.05) is 6.92 Å². The quantitative estimate of drug-likeness (QED) is 0.918. The topological polar surface area (TPSA) is 33.1 Å². The number of hydrogen-bond donors (Lipinski definition) is 1. The maximum absolute atomic E-state index is 13.7. The Hall–Kier alpha value is -1.45. The van der Waals surface area contributed by atoms with Crippen LogP contribution in [0.25, 0.3) is 0 Å². The molecule has 2 rings (SSSR count). The zero-order valence-corrected chi connectivity index (χ0v) is 10.6. The fourth-order valence-electron chi connectivity index (χ4n) is 1.89. The Morgan fingerprint density at radius 1 is 1.22 bits per heavy atom. The van der Waals surface area contributed by atoms with Gasteiger partial charge in [0, 0.05) is 28.9 Å². The van der Waals surface area contributed by atoms with Gasteiger partial charge in [-0.15, -0.1) is 0 Å². The summed E-state index contributed by atoms with van der Waals surface area (Å²) in [4.78, 5) is 3.91. The van der Waals surface area contributed by atoms with Crippen LogP contribution in [-0.4, -0.2) is 10.1 Å². The SMILES string of the molecule is CC(c1ccncc1)C(O)c1c(F)cccc1Cl. The summed E-state index contributed by atoms with van der Waals surface area (Å²) < 4.78 is 13.7. The van der Waals surface area contributed by atoms with Crippen LogP contribution in [0.15, 0.2) is 42.7 Å². The minimum Gasteiger partial charge on any atom is -0.388 e. The van der Waals surface area contributed by atoms with Crippen molar-refractivity contribution in [2.24, 2.45) is 0 Å². The molecule has 0 spiro atoms. The number of aliphatic hydroxyl groups excluding tert-OH is 1. The zero-order chi connectivity index (χ0) is 13.1. The van der Waals surface area contributed by atoms with E-state index in [1.165, 1.54) is 12.1 Å². The van der Waals surface area contributed by atoms with Crippen molar-refractivity contribution in [3.8, 4) is 0 Å². The summed E-state index contributed by atoms with van der Waals surface area (Å²) in [5.74, 6) is -0.752. The van der Waals surface area contributed by atoms with Crippen LogP contribution in [-0.2, 0) is 0 Å². The van der Waals surface area contributed by atoms with Gasteiger partial charge in [-0.05, 0) is 29.8 Å². The lowest BCUT2D eigenvalue weighted by Crippen LogP contribution is -2.10. The lowest BCUT2D eigenvalue weighted by atomic mass is 9.91. The van der Waals surface area contributed by atoms with Gasteiger partial charge in [-0.2, -0.15) is 0 Å². The molecule has 0 saturated heterocycles. The molecule has 0 saturated carbocycles. The van der Waals surface area contributed by atoms with Gasteiger partial charge >= 0.3 is 0 Å². The van der Waals surface area contributed by atoms with Gasteiger partial charge in [0.25, 0.3) is 0 Å². The van der Waals surface area contributed by atoms with E-state index >= 15 is 0 Å². The Balaban J connectivity index is 2.34.